The van der Waals surface area contributed by atoms with Gasteiger partial charge in [0.25, 0.3) is 0 Å². The molecule has 0 amide bonds. The van der Waals surface area contributed by atoms with Gasteiger partial charge >= 0.3 is 0 Å². The van der Waals surface area contributed by atoms with Crippen LogP contribution in [0.1, 0.15) is 38.2 Å². The summed E-state index contributed by atoms with van der Waals surface area (Å²) in [5.41, 5.74) is 1.08. The van der Waals surface area contributed by atoms with E-state index in [1.165, 1.54) is 19.3 Å². The molecular formula is C14H20N2O. The lowest BCUT2D eigenvalue weighted by Gasteiger charge is -2.19. The molecule has 1 aromatic heterocycles. The molecule has 3 rings (SSSR count). The van der Waals surface area contributed by atoms with Crippen molar-refractivity contribution in [2.45, 2.75) is 45.6 Å². The molecule has 0 saturated heterocycles. The normalized spacial score (nSPS) is 31.0. The van der Waals surface area contributed by atoms with E-state index in [9.17, 15) is 4.79 Å². The van der Waals surface area contributed by atoms with Gasteiger partial charge in [-0.25, -0.2) is 0 Å². The van der Waals surface area contributed by atoms with Gasteiger partial charge in [-0.1, -0.05) is 6.42 Å². The molecule has 92 valence electrons. The van der Waals surface area contributed by atoms with E-state index in [1.807, 2.05) is 17.1 Å². The minimum Gasteiger partial charge on any atom is -0.299 e. The average Bonchev–Trinajstić information content (AvgIpc) is 3.04. The van der Waals surface area contributed by atoms with Crippen molar-refractivity contribution in [1.82, 2.24) is 9.78 Å². The van der Waals surface area contributed by atoms with Gasteiger partial charge in [0.2, 0.25) is 0 Å². The Kier molecular flexibility index (Phi) is 2.77. The maximum absolute atomic E-state index is 12.3. The first-order chi connectivity index (χ1) is 8.26. The van der Waals surface area contributed by atoms with Crippen molar-refractivity contribution in [2.75, 3.05) is 0 Å². The summed E-state index contributed by atoms with van der Waals surface area (Å²) in [5, 5.41) is 4.23. The largest absolute Gasteiger partial charge is 0.299 e. The maximum atomic E-state index is 12.3. The van der Waals surface area contributed by atoms with Crippen LogP contribution in [0.3, 0.4) is 0 Å². The highest BCUT2D eigenvalue weighted by molar-refractivity contribution is 5.83. The summed E-state index contributed by atoms with van der Waals surface area (Å²) >= 11 is 0. The van der Waals surface area contributed by atoms with E-state index in [4.69, 9.17) is 0 Å². The molecule has 17 heavy (non-hydrogen) atoms. The molecule has 1 heterocycles. The molecule has 3 atom stereocenters. The minimum atomic E-state index is 0.360. The predicted octanol–water partition coefficient (Wildman–Crippen LogP) is 2.45. The second kappa shape index (κ2) is 4.28. The number of carbonyl (C=O) groups excluding carboxylic acids is 1. The van der Waals surface area contributed by atoms with E-state index >= 15 is 0 Å². The van der Waals surface area contributed by atoms with Gasteiger partial charge in [0, 0.05) is 25.1 Å². The monoisotopic (exact) mass is 232 g/mol. The average molecular weight is 232 g/mol. The van der Waals surface area contributed by atoms with Crippen molar-refractivity contribution < 1.29 is 4.79 Å². The third kappa shape index (κ3) is 2.03. The number of fused-ring (bicyclic) bond motifs is 2. The second-order valence-corrected chi connectivity index (χ2v) is 5.63. The standard InChI is InChI=1S/C14H20N2O/c1-2-16-9-11(8-15-16)7-14(17)13-6-10-3-4-12(13)5-10/h8-10,12-13H,2-7H2,1H3. The first kappa shape index (κ1) is 11.0. The number of Topliss-reactive ketones (excluding diaryl/α,β-unsaturated/α-hetero) is 1. The number of aromatic nitrogens is 2. The maximum Gasteiger partial charge on any atom is 0.140 e. The van der Waals surface area contributed by atoms with Crippen LogP contribution in [-0.4, -0.2) is 15.6 Å². The Morgan fingerprint density at radius 3 is 2.94 bits per heavy atom. The highest BCUT2D eigenvalue weighted by atomic mass is 16.1. The third-order valence-electron chi connectivity index (χ3n) is 4.54. The number of hydrogen-bond acceptors (Lipinski definition) is 2. The van der Waals surface area contributed by atoms with Crippen LogP contribution in [0.25, 0.3) is 0 Å². The van der Waals surface area contributed by atoms with Gasteiger partial charge in [0.15, 0.2) is 0 Å². The molecule has 3 unspecified atom stereocenters. The molecule has 2 saturated carbocycles. The number of ketones is 1. The van der Waals surface area contributed by atoms with Crippen LogP contribution < -0.4 is 0 Å². The number of rotatable bonds is 4. The van der Waals surface area contributed by atoms with E-state index in [-0.39, 0.29) is 0 Å². The lowest BCUT2D eigenvalue weighted by atomic mass is 9.84. The summed E-state index contributed by atoms with van der Waals surface area (Å²) in [5.74, 6) is 2.37. The molecule has 1 aromatic rings. The van der Waals surface area contributed by atoms with Gasteiger partial charge in [-0.05, 0) is 43.6 Å². The van der Waals surface area contributed by atoms with Crippen LogP contribution in [0.2, 0.25) is 0 Å². The minimum absolute atomic E-state index is 0.360. The summed E-state index contributed by atoms with van der Waals surface area (Å²) in [6.45, 7) is 2.94. The lowest BCUT2D eigenvalue weighted by molar-refractivity contribution is -0.123. The van der Waals surface area contributed by atoms with Crippen molar-refractivity contribution in [2.24, 2.45) is 17.8 Å². The van der Waals surface area contributed by atoms with Gasteiger partial charge < -0.3 is 0 Å². The lowest BCUT2D eigenvalue weighted by Crippen LogP contribution is -2.22. The molecular weight excluding hydrogens is 212 g/mol. The van der Waals surface area contributed by atoms with E-state index in [1.54, 1.807) is 0 Å². The second-order valence-electron chi connectivity index (χ2n) is 5.63. The molecule has 0 aliphatic heterocycles. The van der Waals surface area contributed by atoms with Gasteiger partial charge in [-0.15, -0.1) is 0 Å². The Labute approximate surface area is 102 Å². The Morgan fingerprint density at radius 1 is 1.47 bits per heavy atom. The van der Waals surface area contributed by atoms with E-state index < -0.39 is 0 Å². The van der Waals surface area contributed by atoms with E-state index in [0.29, 0.717) is 24.0 Å². The van der Waals surface area contributed by atoms with Crippen LogP contribution in [0.5, 0.6) is 0 Å². The first-order valence-electron chi connectivity index (χ1n) is 6.80. The van der Waals surface area contributed by atoms with Crippen LogP contribution in [0, 0.1) is 17.8 Å². The van der Waals surface area contributed by atoms with Crippen molar-refractivity contribution in [3.63, 3.8) is 0 Å². The van der Waals surface area contributed by atoms with Crippen molar-refractivity contribution in [3.8, 4) is 0 Å². The zero-order valence-corrected chi connectivity index (χ0v) is 10.4. The number of nitrogens with zero attached hydrogens (tertiary/aromatic N) is 2. The quantitative estimate of drug-likeness (QED) is 0.799. The van der Waals surface area contributed by atoms with E-state index in [0.717, 1.165) is 24.4 Å². The van der Waals surface area contributed by atoms with Crippen molar-refractivity contribution >= 4 is 5.78 Å². The fourth-order valence-corrected chi connectivity index (χ4v) is 3.64. The highest BCUT2D eigenvalue weighted by Gasteiger charge is 2.42. The van der Waals surface area contributed by atoms with E-state index in [2.05, 4.69) is 12.0 Å². The summed E-state index contributed by atoms with van der Waals surface area (Å²) in [7, 11) is 0. The Hall–Kier alpha value is -1.12. The summed E-state index contributed by atoms with van der Waals surface area (Å²) in [6, 6.07) is 0. The smallest absolute Gasteiger partial charge is 0.140 e. The summed E-state index contributed by atoms with van der Waals surface area (Å²) in [6.07, 6.45) is 9.56. The Bertz CT molecular complexity index is 424. The number of hydrogen-bond donors (Lipinski definition) is 0. The fourth-order valence-electron chi connectivity index (χ4n) is 3.64. The molecule has 2 aliphatic carbocycles. The molecule has 0 spiro atoms. The summed E-state index contributed by atoms with van der Waals surface area (Å²) in [4.78, 5) is 12.3. The van der Waals surface area contributed by atoms with Crippen LogP contribution in [0.15, 0.2) is 12.4 Å². The topological polar surface area (TPSA) is 34.9 Å². The highest BCUT2D eigenvalue weighted by Crippen LogP contribution is 2.48. The zero-order valence-electron chi connectivity index (χ0n) is 10.4. The molecule has 3 heteroatoms. The fraction of sp³-hybridized carbons (Fsp3) is 0.714. The Morgan fingerprint density at radius 2 is 2.35 bits per heavy atom. The molecule has 3 nitrogen and oxygen atoms in total. The number of carbonyl (C=O) groups is 1. The van der Waals surface area contributed by atoms with Gasteiger partial charge in [-0.2, -0.15) is 5.10 Å². The van der Waals surface area contributed by atoms with Gasteiger partial charge in [0.1, 0.15) is 5.78 Å². The summed E-state index contributed by atoms with van der Waals surface area (Å²) < 4.78 is 1.89. The molecule has 0 radical (unpaired) electrons. The van der Waals surface area contributed by atoms with Crippen LogP contribution in [0.4, 0.5) is 0 Å². The molecule has 0 N–H and O–H groups in total. The SMILES string of the molecule is CCn1cc(CC(=O)C2CC3CCC2C3)cn1. The van der Waals surface area contributed by atoms with Gasteiger partial charge in [-0.3, -0.25) is 9.48 Å². The van der Waals surface area contributed by atoms with Crippen molar-refractivity contribution in [1.29, 1.82) is 0 Å². The van der Waals surface area contributed by atoms with Crippen LogP contribution >= 0.6 is 0 Å². The van der Waals surface area contributed by atoms with Gasteiger partial charge in [0.05, 0.1) is 6.20 Å². The molecule has 2 bridgehead atoms. The van der Waals surface area contributed by atoms with Crippen LogP contribution in [-0.2, 0) is 17.8 Å². The Balaban J connectivity index is 1.63. The zero-order chi connectivity index (χ0) is 11.8. The molecule has 2 fully saturated rings. The first-order valence-corrected chi connectivity index (χ1v) is 6.80. The molecule has 0 aromatic carbocycles. The predicted molar refractivity (Wildman–Crippen MR) is 65.6 cm³/mol. The molecule has 2 aliphatic rings. The number of aryl methyl sites for hydroxylation is 1. The van der Waals surface area contributed by atoms with Crippen molar-refractivity contribution in [3.05, 3.63) is 18.0 Å². The third-order valence-corrected chi connectivity index (χ3v) is 4.54.